The number of aromatic nitrogens is 1. The minimum absolute atomic E-state index is 0.235. The second-order valence-electron chi connectivity index (χ2n) is 4.19. The lowest BCUT2D eigenvalue weighted by atomic mass is 10.0. The van der Waals surface area contributed by atoms with Crippen LogP contribution in [0.25, 0.3) is 0 Å². The fraction of sp³-hybridized carbons (Fsp3) is 0.133. The second-order valence-corrected chi connectivity index (χ2v) is 5.36. The number of nitrogens with zero attached hydrogens (tertiary/aromatic N) is 1. The smallest absolute Gasteiger partial charge is 0.129 e. The van der Waals surface area contributed by atoms with Crippen LogP contribution in [0.15, 0.2) is 43.1 Å². The fourth-order valence-electron chi connectivity index (χ4n) is 1.83. The van der Waals surface area contributed by atoms with Crippen molar-refractivity contribution in [2.75, 3.05) is 6.61 Å². The first kappa shape index (κ1) is 16.1. The monoisotopic (exact) mass is 343 g/mol. The first-order valence-corrected chi connectivity index (χ1v) is 7.19. The van der Waals surface area contributed by atoms with E-state index in [1.165, 1.54) is 6.20 Å². The maximum Gasteiger partial charge on any atom is 0.129 e. The van der Waals surface area contributed by atoms with Gasteiger partial charge in [0.1, 0.15) is 23.6 Å². The summed E-state index contributed by atoms with van der Waals surface area (Å²) in [6.07, 6.45) is 2.07. The molecule has 6 heteroatoms. The van der Waals surface area contributed by atoms with Gasteiger partial charge in [-0.1, -0.05) is 47.5 Å². The Kier molecular flexibility index (Phi) is 5.48. The number of hydrogen-bond donors (Lipinski definition) is 1. The molecule has 0 saturated carbocycles. The van der Waals surface area contributed by atoms with Crippen LogP contribution < -0.4 is 4.74 Å². The Morgan fingerprint density at radius 2 is 2.05 bits per heavy atom. The van der Waals surface area contributed by atoms with Gasteiger partial charge in [0.15, 0.2) is 0 Å². The van der Waals surface area contributed by atoms with Crippen molar-refractivity contribution in [2.45, 2.75) is 6.10 Å². The van der Waals surface area contributed by atoms with E-state index in [4.69, 9.17) is 39.5 Å². The number of ether oxygens (including phenoxy) is 1. The summed E-state index contributed by atoms with van der Waals surface area (Å²) in [6.45, 7) is 3.87. The Balaban J connectivity index is 2.49. The maximum atomic E-state index is 10.6. The topological polar surface area (TPSA) is 42.4 Å². The lowest BCUT2D eigenvalue weighted by molar-refractivity contribution is 0.213. The molecule has 110 valence electrons. The van der Waals surface area contributed by atoms with Crippen LogP contribution in [-0.4, -0.2) is 16.7 Å². The van der Waals surface area contributed by atoms with Crippen molar-refractivity contribution in [3.63, 3.8) is 0 Å². The van der Waals surface area contributed by atoms with Crippen LogP contribution in [0.2, 0.25) is 15.2 Å². The van der Waals surface area contributed by atoms with Crippen molar-refractivity contribution in [2.24, 2.45) is 0 Å². The molecule has 1 aromatic heterocycles. The SMILES string of the molecule is C=CCOc1ccc(Cl)c(Cl)c1C(O)c1ccnc(Cl)c1. The van der Waals surface area contributed by atoms with E-state index in [0.717, 1.165) is 0 Å². The van der Waals surface area contributed by atoms with Gasteiger partial charge in [0.25, 0.3) is 0 Å². The van der Waals surface area contributed by atoms with Gasteiger partial charge in [-0.15, -0.1) is 0 Å². The van der Waals surface area contributed by atoms with Crippen LogP contribution in [0.4, 0.5) is 0 Å². The number of halogens is 3. The molecule has 0 fully saturated rings. The Morgan fingerprint density at radius 1 is 1.29 bits per heavy atom. The number of pyridine rings is 1. The van der Waals surface area contributed by atoms with E-state index in [9.17, 15) is 5.11 Å². The molecule has 2 rings (SSSR count). The van der Waals surface area contributed by atoms with Gasteiger partial charge in [-0.05, 0) is 29.8 Å². The Labute approximate surface area is 137 Å². The molecular weight excluding hydrogens is 333 g/mol. The van der Waals surface area contributed by atoms with E-state index in [1.807, 2.05) is 0 Å². The van der Waals surface area contributed by atoms with E-state index in [-0.39, 0.29) is 16.8 Å². The lowest BCUT2D eigenvalue weighted by Crippen LogP contribution is -2.06. The van der Waals surface area contributed by atoms with Crippen molar-refractivity contribution in [1.82, 2.24) is 4.98 Å². The number of benzene rings is 1. The van der Waals surface area contributed by atoms with Crippen LogP contribution in [-0.2, 0) is 0 Å². The average molecular weight is 345 g/mol. The summed E-state index contributed by atoms with van der Waals surface area (Å²) >= 11 is 18.1. The molecule has 1 atom stereocenters. The zero-order valence-corrected chi connectivity index (χ0v) is 13.2. The minimum Gasteiger partial charge on any atom is -0.489 e. The average Bonchev–Trinajstić information content (AvgIpc) is 2.48. The molecule has 0 amide bonds. The molecule has 3 nitrogen and oxygen atoms in total. The highest BCUT2D eigenvalue weighted by molar-refractivity contribution is 6.42. The Morgan fingerprint density at radius 3 is 2.71 bits per heavy atom. The van der Waals surface area contributed by atoms with Gasteiger partial charge in [0.2, 0.25) is 0 Å². The highest BCUT2D eigenvalue weighted by atomic mass is 35.5. The molecule has 1 aromatic carbocycles. The maximum absolute atomic E-state index is 10.6. The molecule has 0 radical (unpaired) electrons. The summed E-state index contributed by atoms with van der Waals surface area (Å²) in [4.78, 5) is 3.88. The van der Waals surface area contributed by atoms with E-state index in [0.29, 0.717) is 21.9 Å². The quantitative estimate of drug-likeness (QED) is 0.632. The van der Waals surface area contributed by atoms with Gasteiger partial charge in [-0.25, -0.2) is 4.98 Å². The first-order chi connectivity index (χ1) is 10.0. The molecule has 1 unspecified atom stereocenters. The third kappa shape index (κ3) is 3.69. The minimum atomic E-state index is -1.03. The number of hydrogen-bond acceptors (Lipinski definition) is 3. The second kappa shape index (κ2) is 7.14. The van der Waals surface area contributed by atoms with Crippen LogP contribution in [0.5, 0.6) is 5.75 Å². The first-order valence-electron chi connectivity index (χ1n) is 6.05. The number of aliphatic hydroxyl groups is 1. The molecule has 0 aliphatic carbocycles. The highest BCUT2D eigenvalue weighted by Gasteiger charge is 2.21. The fourth-order valence-corrected chi connectivity index (χ4v) is 2.44. The van der Waals surface area contributed by atoms with Crippen molar-refractivity contribution in [1.29, 1.82) is 0 Å². The van der Waals surface area contributed by atoms with Crippen molar-refractivity contribution in [3.8, 4) is 5.75 Å². The number of aliphatic hydroxyl groups excluding tert-OH is 1. The summed E-state index contributed by atoms with van der Waals surface area (Å²) in [7, 11) is 0. The Bertz CT molecular complexity index is 661. The Hall–Kier alpha value is -1.26. The molecule has 1 N–H and O–H groups in total. The molecular formula is C15H12Cl3NO2. The predicted molar refractivity (Wildman–Crippen MR) is 85.5 cm³/mol. The molecule has 2 aromatic rings. The molecule has 0 spiro atoms. The van der Waals surface area contributed by atoms with E-state index in [1.54, 1.807) is 30.3 Å². The van der Waals surface area contributed by atoms with Crippen molar-refractivity contribution >= 4 is 34.8 Å². The molecule has 0 bridgehead atoms. The molecule has 1 heterocycles. The van der Waals surface area contributed by atoms with Crippen molar-refractivity contribution < 1.29 is 9.84 Å². The van der Waals surface area contributed by atoms with Gasteiger partial charge >= 0.3 is 0 Å². The highest BCUT2D eigenvalue weighted by Crippen LogP contribution is 2.40. The van der Waals surface area contributed by atoms with Crippen LogP contribution >= 0.6 is 34.8 Å². The predicted octanol–water partition coefficient (Wildman–Crippen LogP) is 4.69. The normalized spacial score (nSPS) is 12.0. The van der Waals surface area contributed by atoms with Crippen LogP contribution in [0.1, 0.15) is 17.2 Å². The summed E-state index contributed by atoms with van der Waals surface area (Å²) in [6, 6.07) is 6.46. The van der Waals surface area contributed by atoms with Crippen LogP contribution in [0.3, 0.4) is 0 Å². The zero-order valence-electron chi connectivity index (χ0n) is 10.9. The van der Waals surface area contributed by atoms with Gasteiger partial charge < -0.3 is 9.84 Å². The molecule has 0 aliphatic rings. The molecule has 0 aliphatic heterocycles. The standard InChI is InChI=1S/C15H12Cl3NO2/c1-2-7-21-11-4-3-10(16)14(18)13(11)15(20)9-5-6-19-12(17)8-9/h2-6,8,15,20H,1,7H2. The van der Waals surface area contributed by atoms with Gasteiger partial charge in [-0.3, -0.25) is 0 Å². The van der Waals surface area contributed by atoms with Crippen molar-refractivity contribution in [3.05, 3.63) is 69.4 Å². The largest absolute Gasteiger partial charge is 0.489 e. The van der Waals surface area contributed by atoms with E-state index < -0.39 is 6.10 Å². The van der Waals surface area contributed by atoms with Crippen LogP contribution in [0, 0.1) is 0 Å². The zero-order chi connectivity index (χ0) is 15.4. The summed E-state index contributed by atoms with van der Waals surface area (Å²) in [5, 5.41) is 11.4. The molecule has 21 heavy (non-hydrogen) atoms. The van der Waals surface area contributed by atoms with E-state index in [2.05, 4.69) is 11.6 Å². The van der Waals surface area contributed by atoms with Gasteiger partial charge in [0, 0.05) is 11.8 Å². The van der Waals surface area contributed by atoms with Gasteiger partial charge in [-0.2, -0.15) is 0 Å². The molecule has 0 saturated heterocycles. The summed E-state index contributed by atoms with van der Waals surface area (Å²) < 4.78 is 5.53. The summed E-state index contributed by atoms with van der Waals surface area (Å²) in [5.74, 6) is 0.435. The third-order valence-corrected chi connectivity index (χ3v) is 3.81. The number of rotatable bonds is 5. The lowest BCUT2D eigenvalue weighted by Gasteiger charge is -2.18. The summed E-state index contributed by atoms with van der Waals surface area (Å²) in [5.41, 5.74) is 0.927. The van der Waals surface area contributed by atoms with E-state index >= 15 is 0 Å². The van der Waals surface area contributed by atoms with Gasteiger partial charge in [0.05, 0.1) is 10.0 Å². The third-order valence-electron chi connectivity index (χ3n) is 2.79.